The van der Waals surface area contributed by atoms with Gasteiger partial charge in [-0.1, -0.05) is 6.92 Å². The number of fused-ring (bicyclic) bond motifs is 1. The first-order valence-corrected chi connectivity index (χ1v) is 6.44. The van der Waals surface area contributed by atoms with Gasteiger partial charge in [0, 0.05) is 23.0 Å². The molecule has 0 saturated carbocycles. The highest BCUT2D eigenvalue weighted by Gasteiger charge is 2.28. The molecule has 1 heterocycles. The van der Waals surface area contributed by atoms with Crippen molar-refractivity contribution >= 4 is 0 Å². The number of hydrogen-bond acceptors (Lipinski definition) is 1. The van der Waals surface area contributed by atoms with E-state index in [1.54, 1.807) is 0 Å². The van der Waals surface area contributed by atoms with Crippen LogP contribution in [0.3, 0.4) is 0 Å². The highest BCUT2D eigenvalue weighted by molar-refractivity contribution is 5.33. The van der Waals surface area contributed by atoms with E-state index in [9.17, 15) is 0 Å². The summed E-state index contributed by atoms with van der Waals surface area (Å²) in [6, 6.07) is 2.56. The normalized spacial score (nSPS) is 20.9. The Morgan fingerprint density at radius 3 is 2.81 bits per heavy atom. The van der Waals surface area contributed by atoms with Crippen LogP contribution >= 0.6 is 0 Å². The van der Waals surface area contributed by atoms with Crippen LogP contribution in [0.1, 0.15) is 63.0 Å². The molecule has 1 aromatic rings. The average Bonchev–Trinajstić information content (AvgIpc) is 2.57. The molecule has 1 unspecified atom stereocenters. The van der Waals surface area contributed by atoms with Gasteiger partial charge in [-0.2, -0.15) is 0 Å². The Hall–Kier alpha value is -0.760. The van der Waals surface area contributed by atoms with Gasteiger partial charge < -0.3 is 10.3 Å². The number of nitrogens with two attached hydrogens (primary N) is 1. The highest BCUT2D eigenvalue weighted by Crippen LogP contribution is 2.35. The maximum absolute atomic E-state index is 6.20. The third kappa shape index (κ3) is 1.69. The Morgan fingerprint density at radius 1 is 1.50 bits per heavy atom. The van der Waals surface area contributed by atoms with Crippen LogP contribution in [0, 0.1) is 6.92 Å². The van der Waals surface area contributed by atoms with Crippen molar-refractivity contribution in [1.82, 2.24) is 4.57 Å². The highest BCUT2D eigenvalue weighted by atomic mass is 15.1. The monoisotopic (exact) mass is 220 g/mol. The summed E-state index contributed by atoms with van der Waals surface area (Å²) in [7, 11) is 0. The lowest BCUT2D eigenvalue weighted by molar-refractivity contribution is 0.322. The van der Waals surface area contributed by atoms with Gasteiger partial charge >= 0.3 is 0 Å². The van der Waals surface area contributed by atoms with Crippen LogP contribution < -0.4 is 5.73 Å². The number of nitrogens with zero attached hydrogens (tertiary/aromatic N) is 1. The molecule has 0 bridgehead atoms. The van der Waals surface area contributed by atoms with Crippen molar-refractivity contribution in [3.05, 3.63) is 23.0 Å². The minimum atomic E-state index is 0.217. The Morgan fingerprint density at radius 2 is 2.19 bits per heavy atom. The maximum atomic E-state index is 6.20. The third-order valence-corrected chi connectivity index (χ3v) is 4.12. The summed E-state index contributed by atoms with van der Waals surface area (Å²) >= 11 is 0. The number of hydrogen-bond donors (Lipinski definition) is 1. The first kappa shape index (κ1) is 11.7. The molecular formula is C14H24N2. The molecule has 1 aliphatic rings. The molecule has 16 heavy (non-hydrogen) atoms. The summed E-state index contributed by atoms with van der Waals surface area (Å²) in [5.41, 5.74) is 10.7. The van der Waals surface area contributed by atoms with Crippen molar-refractivity contribution < 1.29 is 0 Å². The van der Waals surface area contributed by atoms with Crippen molar-refractivity contribution in [2.75, 3.05) is 0 Å². The predicted octanol–water partition coefficient (Wildman–Crippen LogP) is 3.28. The molecule has 1 aliphatic carbocycles. The SMILES string of the molecule is CCC(C)(C)n1c(C)cc2c1CCCC2N. The molecule has 0 aliphatic heterocycles. The van der Waals surface area contributed by atoms with Crippen molar-refractivity contribution in [1.29, 1.82) is 0 Å². The Balaban J connectivity index is 2.54. The zero-order valence-corrected chi connectivity index (χ0v) is 11.0. The van der Waals surface area contributed by atoms with Gasteiger partial charge in [-0.25, -0.2) is 0 Å². The fourth-order valence-electron chi connectivity index (χ4n) is 2.94. The molecule has 0 spiro atoms. The van der Waals surface area contributed by atoms with E-state index in [2.05, 4.69) is 38.3 Å². The van der Waals surface area contributed by atoms with Crippen molar-refractivity contribution in [2.45, 2.75) is 65.0 Å². The molecule has 0 radical (unpaired) electrons. The second-order valence-electron chi connectivity index (χ2n) is 5.69. The first-order chi connectivity index (χ1) is 7.47. The molecule has 0 amide bonds. The fraction of sp³-hybridized carbons (Fsp3) is 0.714. The van der Waals surface area contributed by atoms with Crippen LogP contribution in [0.2, 0.25) is 0 Å². The van der Waals surface area contributed by atoms with Gasteiger partial charge in [0.25, 0.3) is 0 Å². The molecule has 0 saturated heterocycles. The largest absolute Gasteiger partial charge is 0.343 e. The molecule has 0 fully saturated rings. The van der Waals surface area contributed by atoms with Gasteiger partial charge in [-0.15, -0.1) is 0 Å². The molecule has 90 valence electrons. The van der Waals surface area contributed by atoms with Crippen LogP contribution in [0.5, 0.6) is 0 Å². The smallest absolute Gasteiger partial charge is 0.0386 e. The minimum absolute atomic E-state index is 0.217. The minimum Gasteiger partial charge on any atom is -0.343 e. The summed E-state index contributed by atoms with van der Waals surface area (Å²) < 4.78 is 2.52. The van der Waals surface area contributed by atoms with Gasteiger partial charge in [0.15, 0.2) is 0 Å². The van der Waals surface area contributed by atoms with Gasteiger partial charge in [-0.3, -0.25) is 0 Å². The maximum Gasteiger partial charge on any atom is 0.0386 e. The molecule has 2 N–H and O–H groups in total. The number of aryl methyl sites for hydroxylation is 1. The van der Waals surface area contributed by atoms with E-state index < -0.39 is 0 Å². The lowest BCUT2D eigenvalue weighted by Gasteiger charge is -2.32. The molecule has 2 nitrogen and oxygen atoms in total. The second-order valence-corrected chi connectivity index (χ2v) is 5.69. The molecule has 2 rings (SSSR count). The second kappa shape index (κ2) is 3.92. The predicted molar refractivity (Wildman–Crippen MR) is 68.6 cm³/mol. The van der Waals surface area contributed by atoms with Gasteiger partial charge in [0.05, 0.1) is 0 Å². The van der Waals surface area contributed by atoms with Crippen LogP contribution in [-0.2, 0) is 12.0 Å². The lowest BCUT2D eigenvalue weighted by Crippen LogP contribution is -2.29. The van der Waals surface area contributed by atoms with E-state index in [1.165, 1.54) is 29.8 Å². The molecule has 0 aromatic carbocycles. The summed E-state index contributed by atoms with van der Waals surface area (Å²) in [5.74, 6) is 0. The van der Waals surface area contributed by atoms with Crippen LogP contribution in [-0.4, -0.2) is 4.57 Å². The third-order valence-electron chi connectivity index (χ3n) is 4.12. The molecular weight excluding hydrogens is 196 g/mol. The van der Waals surface area contributed by atoms with Gasteiger partial charge in [-0.05, 0) is 58.1 Å². The summed E-state index contributed by atoms with van der Waals surface area (Å²) in [6.45, 7) is 9.11. The summed E-state index contributed by atoms with van der Waals surface area (Å²) in [6.07, 6.45) is 4.73. The molecule has 2 heteroatoms. The van der Waals surface area contributed by atoms with E-state index in [-0.39, 0.29) is 11.6 Å². The quantitative estimate of drug-likeness (QED) is 0.814. The van der Waals surface area contributed by atoms with Gasteiger partial charge in [0.2, 0.25) is 0 Å². The Bertz CT molecular complexity index is 388. The van der Waals surface area contributed by atoms with E-state index >= 15 is 0 Å². The first-order valence-electron chi connectivity index (χ1n) is 6.44. The topological polar surface area (TPSA) is 30.9 Å². The van der Waals surface area contributed by atoms with Crippen LogP contribution in [0.15, 0.2) is 6.07 Å². The Kier molecular flexibility index (Phi) is 2.87. The zero-order valence-electron chi connectivity index (χ0n) is 11.0. The average molecular weight is 220 g/mol. The number of aromatic nitrogens is 1. The van der Waals surface area contributed by atoms with Crippen molar-refractivity contribution in [2.24, 2.45) is 5.73 Å². The number of rotatable bonds is 2. The van der Waals surface area contributed by atoms with Crippen LogP contribution in [0.4, 0.5) is 0 Å². The molecule has 1 aromatic heterocycles. The summed E-state index contributed by atoms with van der Waals surface area (Å²) in [5, 5.41) is 0. The van der Waals surface area contributed by atoms with E-state index in [4.69, 9.17) is 5.73 Å². The van der Waals surface area contributed by atoms with E-state index in [1.807, 2.05) is 0 Å². The zero-order chi connectivity index (χ0) is 11.9. The standard InChI is InChI=1S/C14H24N2/c1-5-14(3,4)16-10(2)9-11-12(15)7-6-8-13(11)16/h9,12H,5-8,15H2,1-4H3. The fourth-order valence-corrected chi connectivity index (χ4v) is 2.94. The van der Waals surface area contributed by atoms with E-state index in [0.717, 1.165) is 12.8 Å². The van der Waals surface area contributed by atoms with Crippen molar-refractivity contribution in [3.8, 4) is 0 Å². The lowest BCUT2D eigenvalue weighted by atomic mass is 9.92. The molecule has 1 atom stereocenters. The van der Waals surface area contributed by atoms with Gasteiger partial charge in [0.1, 0.15) is 0 Å². The van der Waals surface area contributed by atoms with Crippen LogP contribution in [0.25, 0.3) is 0 Å². The van der Waals surface area contributed by atoms with Crippen molar-refractivity contribution in [3.63, 3.8) is 0 Å². The van der Waals surface area contributed by atoms with E-state index in [0.29, 0.717) is 0 Å². The summed E-state index contributed by atoms with van der Waals surface area (Å²) in [4.78, 5) is 0. The Labute approximate surface area is 98.8 Å².